The summed E-state index contributed by atoms with van der Waals surface area (Å²) in [5, 5.41) is 0. The highest BCUT2D eigenvalue weighted by atomic mass is 16.1. The molecule has 2 nitrogen and oxygen atoms in total. The van der Waals surface area contributed by atoms with E-state index >= 15 is 0 Å². The molecule has 0 N–H and O–H groups in total. The number of hydrogen-bond acceptors (Lipinski definition) is 2. The predicted octanol–water partition coefficient (Wildman–Crippen LogP) is 1.65. The molecular weight excluding hydrogens is 138 g/mol. The van der Waals surface area contributed by atoms with E-state index in [-0.39, 0.29) is 5.78 Å². The van der Waals surface area contributed by atoms with Crippen LogP contribution in [0.3, 0.4) is 0 Å². The van der Waals surface area contributed by atoms with Gasteiger partial charge in [-0.3, -0.25) is 9.78 Å². The second-order valence-corrected chi connectivity index (χ2v) is 2.01. The molecule has 11 heavy (non-hydrogen) atoms. The monoisotopic (exact) mass is 146 g/mol. The molecule has 0 bridgehead atoms. The molecule has 0 aliphatic carbocycles. The van der Waals surface area contributed by atoms with Gasteiger partial charge in [-0.2, -0.15) is 0 Å². The van der Waals surface area contributed by atoms with E-state index in [4.69, 9.17) is 0 Å². The molecule has 1 radical (unpaired) electrons. The van der Waals surface area contributed by atoms with Crippen molar-refractivity contribution in [2.24, 2.45) is 0 Å². The molecule has 0 aliphatic rings. The number of hydrogen-bond donors (Lipinski definition) is 0. The van der Waals surface area contributed by atoms with Crippen LogP contribution in [0.2, 0.25) is 0 Å². The summed E-state index contributed by atoms with van der Waals surface area (Å²) in [6.07, 6.45) is 6.04. The molecule has 2 heteroatoms. The van der Waals surface area contributed by atoms with Crippen molar-refractivity contribution in [2.75, 3.05) is 0 Å². The number of ketones is 1. The molecular formula is C9H8NO. The van der Waals surface area contributed by atoms with Crippen molar-refractivity contribution in [3.63, 3.8) is 0 Å². The Morgan fingerprint density at radius 2 is 2.45 bits per heavy atom. The molecule has 0 atom stereocenters. The number of rotatable bonds is 2. The summed E-state index contributed by atoms with van der Waals surface area (Å²) in [4.78, 5) is 14.9. The Morgan fingerprint density at radius 3 is 3.00 bits per heavy atom. The zero-order chi connectivity index (χ0) is 8.10. The largest absolute Gasteiger partial charge is 0.289 e. The van der Waals surface area contributed by atoms with Crippen molar-refractivity contribution >= 4 is 5.78 Å². The summed E-state index contributed by atoms with van der Waals surface area (Å²) in [6.45, 7) is 3.43. The lowest BCUT2D eigenvalue weighted by Crippen LogP contribution is -1.93. The van der Waals surface area contributed by atoms with Crippen molar-refractivity contribution in [3.8, 4) is 0 Å². The van der Waals surface area contributed by atoms with E-state index in [2.05, 4.69) is 11.9 Å². The van der Waals surface area contributed by atoms with Crippen LogP contribution >= 0.6 is 0 Å². The molecule has 1 aromatic heterocycles. The third-order valence-corrected chi connectivity index (χ3v) is 1.22. The average molecular weight is 146 g/mol. The first-order valence-corrected chi connectivity index (χ1v) is 3.24. The van der Waals surface area contributed by atoms with Gasteiger partial charge < -0.3 is 0 Å². The topological polar surface area (TPSA) is 30.0 Å². The molecule has 0 spiro atoms. The highest BCUT2D eigenvalue weighted by molar-refractivity contribution is 6.04. The van der Waals surface area contributed by atoms with Crippen molar-refractivity contribution in [2.45, 2.75) is 0 Å². The van der Waals surface area contributed by atoms with Crippen LogP contribution in [-0.2, 0) is 0 Å². The third-order valence-electron chi connectivity index (χ3n) is 1.22. The zero-order valence-electron chi connectivity index (χ0n) is 6.03. The lowest BCUT2D eigenvalue weighted by Gasteiger charge is -1.90. The number of carbonyl (C=O) groups excluding carboxylic acids is 1. The third kappa shape index (κ3) is 2.00. The average Bonchev–Trinajstić information content (AvgIpc) is 2.07. The Kier molecular flexibility index (Phi) is 2.55. The number of aromatic nitrogens is 1. The van der Waals surface area contributed by atoms with Crippen LogP contribution < -0.4 is 0 Å². The van der Waals surface area contributed by atoms with Gasteiger partial charge in [0.15, 0.2) is 5.78 Å². The normalized spacial score (nSPS) is 10.3. The highest BCUT2D eigenvalue weighted by Gasteiger charge is 1.97. The standard InChI is InChI=1S/C9H8NO/c1-2-4-9(11)8-5-3-6-10-7-8/h2-7H,1H2. The van der Waals surface area contributed by atoms with Gasteiger partial charge in [-0.1, -0.05) is 6.08 Å². The summed E-state index contributed by atoms with van der Waals surface area (Å²) in [5.74, 6) is -0.0619. The molecule has 1 heterocycles. The fourth-order valence-corrected chi connectivity index (χ4v) is 0.712. The number of pyridine rings is 1. The highest BCUT2D eigenvalue weighted by Crippen LogP contribution is 1.97. The van der Waals surface area contributed by atoms with Gasteiger partial charge in [0.1, 0.15) is 0 Å². The molecule has 1 aromatic rings. The minimum absolute atomic E-state index is 0.0619. The fourth-order valence-electron chi connectivity index (χ4n) is 0.712. The lowest BCUT2D eigenvalue weighted by atomic mass is 10.2. The van der Waals surface area contributed by atoms with E-state index in [1.165, 1.54) is 18.3 Å². The Bertz CT molecular complexity index is 264. The van der Waals surface area contributed by atoms with Gasteiger partial charge in [0.25, 0.3) is 0 Å². The van der Waals surface area contributed by atoms with Gasteiger partial charge in [0, 0.05) is 18.0 Å². The van der Waals surface area contributed by atoms with Crippen molar-refractivity contribution < 1.29 is 4.79 Å². The van der Waals surface area contributed by atoms with Gasteiger partial charge >= 0.3 is 0 Å². The summed E-state index contributed by atoms with van der Waals surface area (Å²) >= 11 is 0. The molecule has 55 valence electrons. The van der Waals surface area contributed by atoms with E-state index in [0.717, 1.165) is 0 Å². The van der Waals surface area contributed by atoms with Crippen molar-refractivity contribution in [3.05, 3.63) is 49.2 Å². The maximum atomic E-state index is 11.1. The van der Waals surface area contributed by atoms with Crippen LogP contribution in [0.25, 0.3) is 0 Å². The molecule has 0 saturated carbocycles. The Hall–Kier alpha value is -1.44. The summed E-state index contributed by atoms with van der Waals surface area (Å²) in [7, 11) is 0. The Labute approximate surface area is 65.6 Å². The molecule has 0 aliphatic heterocycles. The first-order chi connectivity index (χ1) is 5.34. The summed E-state index contributed by atoms with van der Waals surface area (Å²) in [5.41, 5.74) is 0.590. The maximum Gasteiger partial charge on any atom is 0.187 e. The molecule has 0 saturated heterocycles. The lowest BCUT2D eigenvalue weighted by molar-refractivity contribution is 0.104. The van der Waals surface area contributed by atoms with E-state index in [0.29, 0.717) is 5.56 Å². The van der Waals surface area contributed by atoms with Crippen LogP contribution in [0.1, 0.15) is 10.4 Å². The van der Waals surface area contributed by atoms with Gasteiger partial charge in [0.2, 0.25) is 0 Å². The minimum atomic E-state index is -0.0619. The van der Waals surface area contributed by atoms with Crippen LogP contribution in [-0.4, -0.2) is 10.8 Å². The Morgan fingerprint density at radius 1 is 1.64 bits per heavy atom. The predicted molar refractivity (Wildman–Crippen MR) is 43.1 cm³/mol. The van der Waals surface area contributed by atoms with E-state index < -0.39 is 0 Å². The van der Waals surface area contributed by atoms with Crippen molar-refractivity contribution in [1.29, 1.82) is 0 Å². The molecule has 0 unspecified atom stereocenters. The minimum Gasteiger partial charge on any atom is -0.289 e. The Balaban J connectivity index is 2.86. The van der Waals surface area contributed by atoms with Gasteiger partial charge in [-0.25, -0.2) is 0 Å². The van der Waals surface area contributed by atoms with E-state index in [9.17, 15) is 4.79 Å². The van der Waals surface area contributed by atoms with Gasteiger partial charge in [-0.05, 0) is 25.1 Å². The molecule has 1 rings (SSSR count). The number of allylic oxidation sites excluding steroid dienone is 2. The van der Waals surface area contributed by atoms with Gasteiger partial charge in [-0.15, -0.1) is 0 Å². The zero-order valence-corrected chi connectivity index (χ0v) is 6.03. The van der Waals surface area contributed by atoms with Crippen LogP contribution in [0.4, 0.5) is 0 Å². The van der Waals surface area contributed by atoms with Crippen LogP contribution in [0.5, 0.6) is 0 Å². The van der Waals surface area contributed by atoms with Crippen LogP contribution in [0, 0.1) is 6.92 Å². The first kappa shape index (κ1) is 7.66. The number of nitrogens with zero attached hydrogens (tertiary/aromatic N) is 1. The first-order valence-electron chi connectivity index (χ1n) is 3.24. The molecule has 0 aromatic carbocycles. The SMILES string of the molecule is [CH2]C=CC(=O)c1cccnc1. The van der Waals surface area contributed by atoms with E-state index in [1.54, 1.807) is 18.3 Å². The second kappa shape index (κ2) is 3.66. The quantitative estimate of drug-likeness (QED) is 0.469. The van der Waals surface area contributed by atoms with E-state index in [1.807, 2.05) is 0 Å². The molecule has 0 fully saturated rings. The van der Waals surface area contributed by atoms with Crippen molar-refractivity contribution in [1.82, 2.24) is 4.98 Å². The number of carbonyl (C=O) groups is 1. The fraction of sp³-hybridized carbons (Fsp3) is 0. The van der Waals surface area contributed by atoms with Crippen LogP contribution in [0.15, 0.2) is 36.7 Å². The second-order valence-electron chi connectivity index (χ2n) is 2.01. The molecule has 0 amide bonds. The maximum absolute atomic E-state index is 11.1. The summed E-state index contributed by atoms with van der Waals surface area (Å²) in [6, 6.07) is 3.44. The summed E-state index contributed by atoms with van der Waals surface area (Å²) < 4.78 is 0. The smallest absolute Gasteiger partial charge is 0.187 e. The van der Waals surface area contributed by atoms with Gasteiger partial charge in [0.05, 0.1) is 0 Å².